The molecule has 0 bridgehead atoms. The van der Waals surface area contributed by atoms with E-state index in [9.17, 15) is 4.79 Å². The number of nitrogens with one attached hydrogen (secondary N) is 1. The Kier molecular flexibility index (Phi) is 3.93. The van der Waals surface area contributed by atoms with Crippen molar-refractivity contribution in [3.8, 4) is 11.1 Å². The SMILES string of the molecule is CCc1[nH]n(CC(C)C)c(=O)c1-c1ccc(C)cc1. The van der Waals surface area contributed by atoms with Crippen molar-refractivity contribution < 1.29 is 0 Å². The van der Waals surface area contributed by atoms with Crippen LogP contribution in [0.4, 0.5) is 0 Å². The van der Waals surface area contributed by atoms with Crippen LogP contribution in [-0.4, -0.2) is 9.78 Å². The van der Waals surface area contributed by atoms with Crippen LogP contribution in [0.25, 0.3) is 11.1 Å². The molecule has 19 heavy (non-hydrogen) atoms. The summed E-state index contributed by atoms with van der Waals surface area (Å²) in [6.07, 6.45) is 0.837. The number of hydrogen-bond acceptors (Lipinski definition) is 1. The maximum absolute atomic E-state index is 12.5. The maximum atomic E-state index is 12.5. The second kappa shape index (κ2) is 5.47. The fourth-order valence-electron chi connectivity index (χ4n) is 2.30. The summed E-state index contributed by atoms with van der Waals surface area (Å²) < 4.78 is 1.73. The van der Waals surface area contributed by atoms with Crippen molar-refractivity contribution >= 4 is 0 Å². The molecule has 0 atom stereocenters. The number of nitrogens with zero attached hydrogens (tertiary/aromatic N) is 1. The van der Waals surface area contributed by atoms with Crippen LogP contribution in [0.2, 0.25) is 0 Å². The van der Waals surface area contributed by atoms with Crippen molar-refractivity contribution in [2.24, 2.45) is 5.92 Å². The zero-order valence-corrected chi connectivity index (χ0v) is 12.2. The van der Waals surface area contributed by atoms with E-state index in [0.29, 0.717) is 5.92 Å². The highest BCUT2D eigenvalue weighted by Gasteiger charge is 2.15. The molecule has 0 unspecified atom stereocenters. The predicted molar refractivity (Wildman–Crippen MR) is 79.4 cm³/mol. The molecule has 2 aromatic rings. The Balaban J connectivity index is 2.52. The van der Waals surface area contributed by atoms with E-state index in [2.05, 4.69) is 32.8 Å². The molecule has 1 aromatic heterocycles. The summed E-state index contributed by atoms with van der Waals surface area (Å²) >= 11 is 0. The highest BCUT2D eigenvalue weighted by molar-refractivity contribution is 5.65. The first kappa shape index (κ1) is 13.7. The van der Waals surface area contributed by atoms with Gasteiger partial charge in [0.1, 0.15) is 0 Å². The quantitative estimate of drug-likeness (QED) is 0.897. The third-order valence-corrected chi connectivity index (χ3v) is 3.27. The molecule has 0 aliphatic heterocycles. The Morgan fingerprint density at radius 2 is 1.84 bits per heavy atom. The Morgan fingerprint density at radius 3 is 2.37 bits per heavy atom. The molecule has 0 aliphatic carbocycles. The average Bonchev–Trinajstić information content (AvgIpc) is 2.67. The molecule has 3 heteroatoms. The molecule has 1 N–H and O–H groups in total. The molecule has 1 heterocycles. The highest BCUT2D eigenvalue weighted by atomic mass is 16.1. The van der Waals surface area contributed by atoms with E-state index in [1.807, 2.05) is 24.3 Å². The first-order valence-corrected chi connectivity index (χ1v) is 6.91. The fraction of sp³-hybridized carbons (Fsp3) is 0.438. The first-order chi connectivity index (χ1) is 9.02. The van der Waals surface area contributed by atoms with Crippen molar-refractivity contribution in [3.63, 3.8) is 0 Å². The van der Waals surface area contributed by atoms with E-state index >= 15 is 0 Å². The van der Waals surface area contributed by atoms with Gasteiger partial charge in [0.15, 0.2) is 0 Å². The Bertz CT molecular complexity index is 603. The van der Waals surface area contributed by atoms with Gasteiger partial charge < -0.3 is 0 Å². The van der Waals surface area contributed by atoms with Crippen molar-refractivity contribution in [2.45, 2.75) is 40.7 Å². The zero-order valence-electron chi connectivity index (χ0n) is 12.2. The van der Waals surface area contributed by atoms with E-state index in [1.165, 1.54) is 5.56 Å². The molecule has 0 saturated heterocycles. The standard InChI is InChI=1S/C16H22N2O/c1-5-14-15(13-8-6-12(4)7-9-13)16(19)18(17-14)10-11(2)3/h6-9,11,17H,5,10H2,1-4H3. The number of hydrogen-bond donors (Lipinski definition) is 1. The summed E-state index contributed by atoms with van der Waals surface area (Å²) in [6.45, 7) is 9.09. The minimum absolute atomic E-state index is 0.0920. The second-order valence-electron chi connectivity index (χ2n) is 5.49. The summed E-state index contributed by atoms with van der Waals surface area (Å²) in [5.41, 5.74) is 4.15. The van der Waals surface area contributed by atoms with Crippen LogP contribution in [0.1, 0.15) is 32.0 Å². The van der Waals surface area contributed by atoms with Gasteiger partial charge in [-0.2, -0.15) is 0 Å². The number of aromatic nitrogens is 2. The van der Waals surface area contributed by atoms with Crippen LogP contribution in [0.3, 0.4) is 0 Å². The van der Waals surface area contributed by atoms with Gasteiger partial charge in [-0.05, 0) is 24.8 Å². The minimum atomic E-state index is 0.0920. The van der Waals surface area contributed by atoms with Gasteiger partial charge in [-0.3, -0.25) is 14.6 Å². The fourth-order valence-corrected chi connectivity index (χ4v) is 2.30. The largest absolute Gasteiger partial charge is 0.299 e. The molecule has 3 nitrogen and oxygen atoms in total. The zero-order chi connectivity index (χ0) is 14.0. The Labute approximate surface area is 114 Å². The van der Waals surface area contributed by atoms with Crippen molar-refractivity contribution in [1.29, 1.82) is 0 Å². The van der Waals surface area contributed by atoms with E-state index in [-0.39, 0.29) is 5.56 Å². The van der Waals surface area contributed by atoms with Gasteiger partial charge >= 0.3 is 0 Å². The third-order valence-electron chi connectivity index (χ3n) is 3.27. The summed E-state index contributed by atoms with van der Waals surface area (Å²) in [6, 6.07) is 8.15. The number of rotatable bonds is 4. The van der Waals surface area contributed by atoms with Crippen LogP contribution in [0.5, 0.6) is 0 Å². The monoisotopic (exact) mass is 258 g/mol. The number of aryl methyl sites for hydroxylation is 2. The topological polar surface area (TPSA) is 37.8 Å². The summed E-state index contributed by atoms with van der Waals surface area (Å²) in [5.74, 6) is 0.451. The summed E-state index contributed by atoms with van der Waals surface area (Å²) in [4.78, 5) is 12.5. The van der Waals surface area contributed by atoms with E-state index in [1.54, 1.807) is 4.68 Å². The smallest absolute Gasteiger partial charge is 0.274 e. The Morgan fingerprint density at radius 1 is 1.21 bits per heavy atom. The normalized spacial score (nSPS) is 11.2. The van der Waals surface area contributed by atoms with Gasteiger partial charge in [0.2, 0.25) is 0 Å². The molecule has 1 aromatic carbocycles. The predicted octanol–water partition coefficient (Wildman–Crippen LogP) is 3.37. The Hall–Kier alpha value is -1.77. The van der Waals surface area contributed by atoms with Crippen LogP contribution < -0.4 is 5.56 Å². The third kappa shape index (κ3) is 2.80. The van der Waals surface area contributed by atoms with Crippen LogP contribution in [0.15, 0.2) is 29.1 Å². The van der Waals surface area contributed by atoms with E-state index in [4.69, 9.17) is 0 Å². The second-order valence-corrected chi connectivity index (χ2v) is 5.49. The van der Waals surface area contributed by atoms with Gasteiger partial charge in [0, 0.05) is 12.2 Å². The molecular weight excluding hydrogens is 236 g/mol. The minimum Gasteiger partial charge on any atom is -0.299 e. The first-order valence-electron chi connectivity index (χ1n) is 6.91. The lowest BCUT2D eigenvalue weighted by Crippen LogP contribution is -2.20. The number of aromatic amines is 1. The number of benzene rings is 1. The van der Waals surface area contributed by atoms with Gasteiger partial charge in [-0.1, -0.05) is 50.6 Å². The lowest BCUT2D eigenvalue weighted by Gasteiger charge is -2.04. The van der Waals surface area contributed by atoms with Gasteiger partial charge in [-0.25, -0.2) is 0 Å². The van der Waals surface area contributed by atoms with Crippen molar-refractivity contribution in [3.05, 3.63) is 45.9 Å². The van der Waals surface area contributed by atoms with Crippen molar-refractivity contribution in [2.75, 3.05) is 0 Å². The molecule has 0 radical (unpaired) electrons. The maximum Gasteiger partial charge on any atom is 0.274 e. The van der Waals surface area contributed by atoms with Crippen molar-refractivity contribution in [1.82, 2.24) is 9.78 Å². The summed E-state index contributed by atoms with van der Waals surface area (Å²) in [7, 11) is 0. The molecule has 0 amide bonds. The highest BCUT2D eigenvalue weighted by Crippen LogP contribution is 2.20. The van der Waals surface area contributed by atoms with Crippen LogP contribution in [0, 0.1) is 12.8 Å². The van der Waals surface area contributed by atoms with E-state index < -0.39 is 0 Å². The van der Waals surface area contributed by atoms with Gasteiger partial charge in [-0.15, -0.1) is 0 Å². The molecule has 102 valence electrons. The van der Waals surface area contributed by atoms with E-state index in [0.717, 1.165) is 29.8 Å². The summed E-state index contributed by atoms with van der Waals surface area (Å²) in [5, 5.41) is 3.25. The van der Waals surface area contributed by atoms with Crippen LogP contribution in [-0.2, 0) is 13.0 Å². The molecule has 0 fully saturated rings. The molecule has 0 saturated carbocycles. The lowest BCUT2D eigenvalue weighted by molar-refractivity contribution is 0.470. The van der Waals surface area contributed by atoms with Gasteiger partial charge in [0.05, 0.1) is 5.56 Å². The molecule has 2 rings (SSSR count). The number of H-pyrrole nitrogens is 1. The molecular formula is C16H22N2O. The average molecular weight is 258 g/mol. The molecule has 0 spiro atoms. The molecule has 0 aliphatic rings. The van der Waals surface area contributed by atoms with Gasteiger partial charge in [0.25, 0.3) is 5.56 Å². The lowest BCUT2D eigenvalue weighted by atomic mass is 10.0. The van der Waals surface area contributed by atoms with Crippen LogP contribution >= 0.6 is 0 Å².